The van der Waals surface area contributed by atoms with Crippen LogP contribution >= 0.6 is 0 Å². The molecule has 0 bridgehead atoms. The average Bonchev–Trinajstić information content (AvgIpc) is 2.71. The SMILES string of the molecule is O=C(c1ccc2c(c1)N(Cc1ccccc1)C(=O)CO2)N1CCOCC1. The van der Waals surface area contributed by atoms with Crippen molar-refractivity contribution in [3.63, 3.8) is 0 Å². The van der Waals surface area contributed by atoms with E-state index in [0.29, 0.717) is 49.8 Å². The van der Waals surface area contributed by atoms with Crippen LogP contribution < -0.4 is 9.64 Å². The van der Waals surface area contributed by atoms with Crippen molar-refractivity contribution < 1.29 is 19.1 Å². The molecule has 2 aliphatic rings. The molecule has 4 rings (SSSR count). The number of rotatable bonds is 3. The number of carbonyl (C=O) groups excluding carboxylic acids is 2. The van der Waals surface area contributed by atoms with Crippen molar-refractivity contribution in [1.82, 2.24) is 4.90 Å². The smallest absolute Gasteiger partial charge is 0.265 e. The average molecular weight is 352 g/mol. The highest BCUT2D eigenvalue weighted by atomic mass is 16.5. The van der Waals surface area contributed by atoms with Gasteiger partial charge in [0.15, 0.2) is 6.61 Å². The molecule has 26 heavy (non-hydrogen) atoms. The Hall–Kier alpha value is -2.86. The van der Waals surface area contributed by atoms with Gasteiger partial charge < -0.3 is 19.3 Å². The van der Waals surface area contributed by atoms with Gasteiger partial charge in [0, 0.05) is 18.7 Å². The number of carbonyl (C=O) groups is 2. The fourth-order valence-electron chi connectivity index (χ4n) is 3.22. The summed E-state index contributed by atoms with van der Waals surface area (Å²) in [6.07, 6.45) is 0. The number of fused-ring (bicyclic) bond motifs is 1. The standard InChI is InChI=1S/C20H20N2O4/c23-19-14-26-18-7-6-16(20(24)21-8-10-25-11-9-21)12-17(18)22(19)13-15-4-2-1-3-5-15/h1-7,12H,8-11,13-14H2. The first-order chi connectivity index (χ1) is 12.7. The lowest BCUT2D eigenvalue weighted by Gasteiger charge is -2.31. The Morgan fingerprint density at radius 1 is 1.04 bits per heavy atom. The van der Waals surface area contributed by atoms with Crippen LogP contribution in [0.1, 0.15) is 15.9 Å². The zero-order chi connectivity index (χ0) is 17.9. The van der Waals surface area contributed by atoms with Crippen LogP contribution in [-0.4, -0.2) is 49.6 Å². The number of ether oxygens (including phenoxy) is 2. The Kier molecular flexibility index (Phi) is 4.58. The zero-order valence-corrected chi connectivity index (χ0v) is 14.4. The van der Waals surface area contributed by atoms with E-state index in [2.05, 4.69) is 0 Å². The monoisotopic (exact) mass is 352 g/mol. The molecule has 0 unspecified atom stereocenters. The van der Waals surface area contributed by atoms with Crippen molar-refractivity contribution in [1.29, 1.82) is 0 Å². The lowest BCUT2D eigenvalue weighted by atomic mass is 10.1. The van der Waals surface area contributed by atoms with E-state index in [-0.39, 0.29) is 18.4 Å². The number of hydrogen-bond donors (Lipinski definition) is 0. The minimum atomic E-state index is -0.114. The minimum Gasteiger partial charge on any atom is -0.482 e. The summed E-state index contributed by atoms with van der Waals surface area (Å²) in [7, 11) is 0. The second kappa shape index (κ2) is 7.17. The van der Waals surface area contributed by atoms with Gasteiger partial charge in [0.1, 0.15) is 5.75 Å². The lowest BCUT2D eigenvalue weighted by Crippen LogP contribution is -2.41. The van der Waals surface area contributed by atoms with Crippen LogP contribution in [0.5, 0.6) is 5.75 Å². The van der Waals surface area contributed by atoms with Crippen molar-refractivity contribution in [3.05, 3.63) is 59.7 Å². The van der Waals surface area contributed by atoms with Gasteiger partial charge in [-0.2, -0.15) is 0 Å². The number of benzene rings is 2. The largest absolute Gasteiger partial charge is 0.482 e. The van der Waals surface area contributed by atoms with Crippen LogP contribution in [0.15, 0.2) is 48.5 Å². The Morgan fingerprint density at radius 2 is 1.81 bits per heavy atom. The quantitative estimate of drug-likeness (QED) is 0.849. The van der Waals surface area contributed by atoms with E-state index in [1.807, 2.05) is 30.3 Å². The van der Waals surface area contributed by atoms with Gasteiger partial charge >= 0.3 is 0 Å². The molecule has 0 N–H and O–H groups in total. The predicted octanol–water partition coefficient (Wildman–Crippen LogP) is 2.08. The topological polar surface area (TPSA) is 59.1 Å². The summed E-state index contributed by atoms with van der Waals surface area (Å²) < 4.78 is 10.9. The van der Waals surface area contributed by atoms with Crippen molar-refractivity contribution in [2.24, 2.45) is 0 Å². The summed E-state index contributed by atoms with van der Waals surface area (Å²) in [5, 5.41) is 0. The lowest BCUT2D eigenvalue weighted by molar-refractivity contribution is -0.121. The summed E-state index contributed by atoms with van der Waals surface area (Å²) in [6, 6.07) is 15.1. The van der Waals surface area contributed by atoms with E-state index in [4.69, 9.17) is 9.47 Å². The van der Waals surface area contributed by atoms with Crippen LogP contribution in [0, 0.1) is 0 Å². The molecule has 2 aliphatic heterocycles. The fraction of sp³-hybridized carbons (Fsp3) is 0.300. The molecule has 6 heteroatoms. The highest BCUT2D eigenvalue weighted by Crippen LogP contribution is 2.34. The maximum absolute atomic E-state index is 12.8. The van der Waals surface area contributed by atoms with Gasteiger partial charge in [-0.15, -0.1) is 0 Å². The molecular formula is C20H20N2O4. The Labute approximate surface area is 151 Å². The van der Waals surface area contributed by atoms with Crippen LogP contribution in [0.25, 0.3) is 0 Å². The molecule has 6 nitrogen and oxygen atoms in total. The summed E-state index contributed by atoms with van der Waals surface area (Å²) >= 11 is 0. The summed E-state index contributed by atoms with van der Waals surface area (Å²) in [4.78, 5) is 28.7. The second-order valence-corrected chi connectivity index (χ2v) is 6.34. The normalized spacial score (nSPS) is 16.8. The number of hydrogen-bond acceptors (Lipinski definition) is 4. The minimum absolute atomic E-state index is 0.0105. The molecule has 0 spiro atoms. The molecule has 0 radical (unpaired) electrons. The molecule has 1 saturated heterocycles. The van der Waals surface area contributed by atoms with Gasteiger partial charge in [0.2, 0.25) is 0 Å². The third-order valence-corrected chi connectivity index (χ3v) is 4.63. The Bertz CT molecular complexity index is 816. The summed E-state index contributed by atoms with van der Waals surface area (Å²) in [5.74, 6) is 0.463. The number of morpholine rings is 1. The summed E-state index contributed by atoms with van der Waals surface area (Å²) in [5.41, 5.74) is 2.23. The molecule has 2 aromatic rings. The first kappa shape index (κ1) is 16.6. The van der Waals surface area contributed by atoms with Gasteiger partial charge in [-0.25, -0.2) is 0 Å². The van der Waals surface area contributed by atoms with E-state index >= 15 is 0 Å². The van der Waals surface area contributed by atoms with Crippen molar-refractivity contribution >= 4 is 17.5 Å². The van der Waals surface area contributed by atoms with E-state index in [1.54, 1.807) is 28.0 Å². The molecule has 0 aliphatic carbocycles. The van der Waals surface area contributed by atoms with Gasteiger partial charge in [0.25, 0.3) is 11.8 Å². The highest BCUT2D eigenvalue weighted by molar-refractivity contribution is 6.01. The fourth-order valence-corrected chi connectivity index (χ4v) is 3.22. The van der Waals surface area contributed by atoms with E-state index in [1.165, 1.54) is 0 Å². The van der Waals surface area contributed by atoms with Crippen LogP contribution in [0.3, 0.4) is 0 Å². The third-order valence-electron chi connectivity index (χ3n) is 4.63. The molecule has 134 valence electrons. The molecular weight excluding hydrogens is 332 g/mol. The van der Waals surface area contributed by atoms with Crippen molar-refractivity contribution in [2.45, 2.75) is 6.54 Å². The van der Waals surface area contributed by atoms with Crippen LogP contribution in [0.4, 0.5) is 5.69 Å². The molecule has 2 heterocycles. The first-order valence-corrected chi connectivity index (χ1v) is 8.70. The Morgan fingerprint density at radius 3 is 2.58 bits per heavy atom. The Balaban J connectivity index is 1.63. The van der Waals surface area contributed by atoms with Crippen molar-refractivity contribution in [3.8, 4) is 5.75 Å². The van der Waals surface area contributed by atoms with Gasteiger partial charge in [-0.3, -0.25) is 9.59 Å². The molecule has 2 aromatic carbocycles. The molecule has 0 atom stereocenters. The summed E-state index contributed by atoms with van der Waals surface area (Å²) in [6.45, 7) is 2.73. The zero-order valence-electron chi connectivity index (χ0n) is 14.4. The number of nitrogens with zero attached hydrogens (tertiary/aromatic N) is 2. The highest BCUT2D eigenvalue weighted by Gasteiger charge is 2.28. The maximum Gasteiger partial charge on any atom is 0.265 e. The van der Waals surface area contributed by atoms with Gasteiger partial charge in [-0.05, 0) is 23.8 Å². The van der Waals surface area contributed by atoms with Gasteiger partial charge in [-0.1, -0.05) is 30.3 Å². The van der Waals surface area contributed by atoms with E-state index in [9.17, 15) is 9.59 Å². The number of amides is 2. The molecule has 2 amide bonds. The predicted molar refractivity (Wildman–Crippen MR) is 96.3 cm³/mol. The van der Waals surface area contributed by atoms with Crippen molar-refractivity contribution in [2.75, 3.05) is 37.8 Å². The molecule has 0 aromatic heterocycles. The maximum atomic E-state index is 12.8. The van der Waals surface area contributed by atoms with E-state index < -0.39 is 0 Å². The number of anilines is 1. The van der Waals surface area contributed by atoms with Crippen LogP contribution in [0.2, 0.25) is 0 Å². The van der Waals surface area contributed by atoms with E-state index in [0.717, 1.165) is 5.56 Å². The van der Waals surface area contributed by atoms with Crippen LogP contribution in [-0.2, 0) is 16.1 Å². The van der Waals surface area contributed by atoms with Gasteiger partial charge in [0.05, 0.1) is 25.4 Å². The first-order valence-electron chi connectivity index (χ1n) is 8.70. The third kappa shape index (κ3) is 3.28. The second-order valence-electron chi connectivity index (χ2n) is 6.34. The molecule has 1 fully saturated rings. The molecule has 0 saturated carbocycles.